The summed E-state index contributed by atoms with van der Waals surface area (Å²) < 4.78 is 46.0. The van der Waals surface area contributed by atoms with Crippen LogP contribution in [0.25, 0.3) is 0 Å². The van der Waals surface area contributed by atoms with Gasteiger partial charge in [-0.3, -0.25) is 9.79 Å². The number of hydrogen-bond acceptors (Lipinski definition) is 8. The quantitative estimate of drug-likeness (QED) is 0.390. The highest BCUT2D eigenvalue weighted by molar-refractivity contribution is 7.88. The maximum atomic E-state index is 14.2. The number of anilines is 1. The maximum Gasteiger partial charge on any atom is 0.257 e. The van der Waals surface area contributed by atoms with Gasteiger partial charge < -0.3 is 14.5 Å². The molecule has 2 fully saturated rings. The molecule has 1 unspecified atom stereocenters. The number of carbonyl (C=O) groups is 1. The van der Waals surface area contributed by atoms with Crippen molar-refractivity contribution in [2.24, 2.45) is 16.8 Å². The second-order valence-electron chi connectivity index (χ2n) is 11.3. The van der Waals surface area contributed by atoms with Crippen LogP contribution in [0.2, 0.25) is 0 Å². The maximum absolute atomic E-state index is 14.2. The zero-order valence-corrected chi connectivity index (χ0v) is 25.1. The van der Waals surface area contributed by atoms with Crippen molar-refractivity contribution in [2.45, 2.75) is 65.0 Å². The van der Waals surface area contributed by atoms with Gasteiger partial charge in [-0.05, 0) is 77.0 Å². The highest BCUT2D eigenvalue weighted by atomic mass is 32.2. The Morgan fingerprint density at radius 3 is 2.68 bits per heavy atom. The number of nitrogens with one attached hydrogen (secondary N) is 1. The van der Waals surface area contributed by atoms with E-state index in [1.165, 1.54) is 30.8 Å². The third-order valence-corrected chi connectivity index (χ3v) is 8.47. The largest absolute Gasteiger partial charge is 0.451 e. The number of sulfonamides is 1. The summed E-state index contributed by atoms with van der Waals surface area (Å²) in [6.45, 7) is 8.44. The number of rotatable bonds is 11. The number of aliphatic imine (C=N–C) groups is 1. The summed E-state index contributed by atoms with van der Waals surface area (Å²) in [7, 11) is -3.17. The minimum Gasteiger partial charge on any atom is -0.451 e. The number of nitrogens with zero attached hydrogens (tertiary/aromatic N) is 5. The molecule has 2 aromatic rings. The summed E-state index contributed by atoms with van der Waals surface area (Å²) in [5, 5.41) is 0. The van der Waals surface area contributed by atoms with Crippen molar-refractivity contribution in [3.05, 3.63) is 42.1 Å². The monoisotopic (exact) mass is 588 g/mol. The molecular formula is C29H41FN6O4S. The van der Waals surface area contributed by atoms with E-state index in [-0.39, 0.29) is 35.2 Å². The third-order valence-electron chi connectivity index (χ3n) is 7.71. The van der Waals surface area contributed by atoms with Crippen molar-refractivity contribution < 1.29 is 22.3 Å². The van der Waals surface area contributed by atoms with Gasteiger partial charge in [-0.2, -0.15) is 0 Å². The van der Waals surface area contributed by atoms with E-state index < -0.39 is 15.8 Å². The minimum atomic E-state index is -3.17. The van der Waals surface area contributed by atoms with Gasteiger partial charge in [0, 0.05) is 50.4 Å². The summed E-state index contributed by atoms with van der Waals surface area (Å²) in [6.07, 6.45) is 10.8. The van der Waals surface area contributed by atoms with E-state index in [0.717, 1.165) is 45.2 Å². The molecule has 1 atom stereocenters. The topological polar surface area (TPSA) is 117 Å². The Morgan fingerprint density at radius 1 is 1.24 bits per heavy atom. The van der Waals surface area contributed by atoms with Gasteiger partial charge in [0.15, 0.2) is 11.6 Å². The highest BCUT2D eigenvalue weighted by Crippen LogP contribution is 2.35. The summed E-state index contributed by atoms with van der Waals surface area (Å²) in [4.78, 5) is 30.4. The highest BCUT2D eigenvalue weighted by Gasteiger charge is 2.28. The first-order valence-electron chi connectivity index (χ1n) is 14.3. The second kappa shape index (κ2) is 13.7. The fourth-order valence-electron chi connectivity index (χ4n) is 5.62. The molecule has 0 spiro atoms. The van der Waals surface area contributed by atoms with Crippen molar-refractivity contribution in [1.82, 2.24) is 19.6 Å². The number of hydrogen-bond donors (Lipinski definition) is 1. The molecule has 0 radical (unpaired) electrons. The number of amides is 1. The van der Waals surface area contributed by atoms with E-state index in [0.29, 0.717) is 30.6 Å². The molecule has 4 rings (SSSR count). The standard InChI is InChI=1S/C29H41FN6O4S/c1-5-36(20(2)3)29(37)25-14-23(30)8-11-26(25)40-27-17-32-19-33-28(27)35-13-12-22(18-35)16-31-15-21-6-9-24(10-7-21)34-41(4,38)39/h8,11,14,16-17,19-22,24,34H,5-7,9-10,12-13,15,18H2,1-4H3. The molecule has 2 heterocycles. The van der Waals surface area contributed by atoms with Crippen molar-refractivity contribution in [3.63, 3.8) is 0 Å². The molecule has 12 heteroatoms. The first-order valence-corrected chi connectivity index (χ1v) is 16.2. The van der Waals surface area contributed by atoms with Crippen molar-refractivity contribution in [1.29, 1.82) is 0 Å². The van der Waals surface area contributed by atoms with Gasteiger partial charge >= 0.3 is 0 Å². The molecule has 224 valence electrons. The lowest BCUT2D eigenvalue weighted by Crippen LogP contribution is -2.37. The Labute approximate surface area is 242 Å². The van der Waals surface area contributed by atoms with Crippen LogP contribution in [0, 0.1) is 17.7 Å². The Kier molecular flexibility index (Phi) is 10.3. The number of ether oxygens (including phenoxy) is 1. The molecule has 10 nitrogen and oxygen atoms in total. The van der Waals surface area contributed by atoms with Crippen molar-refractivity contribution in [3.8, 4) is 11.5 Å². The lowest BCUT2D eigenvalue weighted by molar-refractivity contribution is 0.0713. The molecule has 41 heavy (non-hydrogen) atoms. The number of halogens is 1. The fourth-order valence-corrected chi connectivity index (χ4v) is 6.46. The lowest BCUT2D eigenvalue weighted by atomic mass is 9.86. The third kappa shape index (κ3) is 8.45. The first-order chi connectivity index (χ1) is 19.5. The first kappa shape index (κ1) is 30.8. The summed E-state index contributed by atoms with van der Waals surface area (Å²) >= 11 is 0. The van der Waals surface area contributed by atoms with Crippen molar-refractivity contribution >= 4 is 28.0 Å². The van der Waals surface area contributed by atoms with Gasteiger partial charge in [-0.1, -0.05) is 0 Å². The zero-order valence-electron chi connectivity index (χ0n) is 24.3. The van der Waals surface area contributed by atoms with Gasteiger partial charge in [-0.15, -0.1) is 0 Å². The van der Waals surface area contributed by atoms with Crippen LogP contribution in [0.5, 0.6) is 11.5 Å². The number of aromatic nitrogens is 2. The van der Waals surface area contributed by atoms with Crippen LogP contribution in [0.1, 0.15) is 63.2 Å². The smallest absolute Gasteiger partial charge is 0.257 e. The molecule has 1 aliphatic heterocycles. The van der Waals surface area contributed by atoms with Crippen LogP contribution < -0.4 is 14.4 Å². The molecule has 1 N–H and O–H groups in total. The molecular weight excluding hydrogens is 547 g/mol. The SMILES string of the molecule is CCN(C(=O)c1cc(F)ccc1Oc1cncnc1N1CCC(C=NCC2CCC(NS(C)(=O)=O)CC2)C1)C(C)C. The van der Waals surface area contributed by atoms with Gasteiger partial charge in [0.05, 0.1) is 18.0 Å². The Bertz CT molecular complexity index is 1330. The molecule has 2 aliphatic rings. The molecule has 1 aromatic heterocycles. The van der Waals surface area contributed by atoms with Crippen LogP contribution in [-0.4, -0.2) is 79.9 Å². The molecule has 1 aromatic carbocycles. The fraction of sp³-hybridized carbons (Fsp3) is 0.586. The van der Waals surface area contributed by atoms with Gasteiger partial charge in [0.2, 0.25) is 10.0 Å². The van der Waals surface area contributed by atoms with Crippen LogP contribution >= 0.6 is 0 Å². The van der Waals surface area contributed by atoms with E-state index in [9.17, 15) is 17.6 Å². The van der Waals surface area contributed by atoms with Gasteiger partial charge in [0.25, 0.3) is 5.91 Å². The predicted octanol–water partition coefficient (Wildman–Crippen LogP) is 4.28. The molecule has 1 aliphatic carbocycles. The summed E-state index contributed by atoms with van der Waals surface area (Å²) in [5.41, 5.74) is 0.155. The average molecular weight is 589 g/mol. The lowest BCUT2D eigenvalue weighted by Gasteiger charge is -2.27. The minimum absolute atomic E-state index is 0.0304. The Hall–Kier alpha value is -3.12. The average Bonchev–Trinajstić information content (AvgIpc) is 3.39. The molecule has 0 bridgehead atoms. The van der Waals surface area contributed by atoms with Crippen LogP contribution in [0.15, 0.2) is 35.7 Å². The van der Waals surface area contributed by atoms with Gasteiger partial charge in [0.1, 0.15) is 17.9 Å². The predicted molar refractivity (Wildman–Crippen MR) is 158 cm³/mol. The van der Waals surface area contributed by atoms with Crippen molar-refractivity contribution in [2.75, 3.05) is 37.3 Å². The Morgan fingerprint density at radius 2 is 2.00 bits per heavy atom. The van der Waals surface area contributed by atoms with Crippen LogP contribution in [0.3, 0.4) is 0 Å². The van der Waals surface area contributed by atoms with Crippen LogP contribution in [0.4, 0.5) is 10.2 Å². The number of benzene rings is 1. The number of carbonyl (C=O) groups excluding carboxylic acids is 1. The zero-order chi connectivity index (χ0) is 29.6. The van der Waals surface area contributed by atoms with E-state index in [2.05, 4.69) is 19.6 Å². The molecule has 1 saturated carbocycles. The van der Waals surface area contributed by atoms with E-state index >= 15 is 0 Å². The van der Waals surface area contributed by atoms with Gasteiger partial charge in [-0.25, -0.2) is 27.5 Å². The molecule has 1 saturated heterocycles. The molecule has 1 amide bonds. The summed E-state index contributed by atoms with van der Waals surface area (Å²) in [5.74, 6) is 1.19. The van der Waals surface area contributed by atoms with Crippen LogP contribution in [-0.2, 0) is 10.0 Å². The van der Waals surface area contributed by atoms with E-state index in [1.54, 1.807) is 11.1 Å². The normalized spacial score (nSPS) is 21.5. The summed E-state index contributed by atoms with van der Waals surface area (Å²) in [6, 6.07) is 3.94. The second-order valence-corrected chi connectivity index (χ2v) is 13.0. The van der Waals surface area contributed by atoms with E-state index in [4.69, 9.17) is 9.73 Å². The Balaban J connectivity index is 1.38. The van der Waals surface area contributed by atoms with E-state index in [1.807, 2.05) is 27.0 Å².